The molecule has 1 aromatic rings. The van der Waals surface area contributed by atoms with Crippen LogP contribution in [-0.2, 0) is 11.3 Å². The van der Waals surface area contributed by atoms with E-state index in [4.69, 9.17) is 4.74 Å². The number of hydrogen-bond donors (Lipinski definition) is 0. The van der Waals surface area contributed by atoms with Gasteiger partial charge in [-0.2, -0.15) is 5.10 Å². The van der Waals surface area contributed by atoms with Gasteiger partial charge in [-0.3, -0.25) is 14.8 Å². The number of hydrogen-bond acceptors (Lipinski definition) is 4. The topological polar surface area (TPSA) is 70.2 Å². The smallest absolute Gasteiger partial charge is 0.309 e. The summed E-state index contributed by atoms with van der Waals surface area (Å²) in [7, 11) is 1.66. The van der Waals surface area contributed by atoms with Crippen LogP contribution in [0.4, 0.5) is 5.69 Å². The Hall–Kier alpha value is -1.43. The largest absolute Gasteiger partial charge is 0.385 e. The predicted octanol–water partition coefficient (Wildman–Crippen LogP) is 1.77. The fourth-order valence-corrected chi connectivity index (χ4v) is 1.51. The van der Waals surface area contributed by atoms with Gasteiger partial charge < -0.3 is 4.74 Å². The van der Waals surface area contributed by atoms with Gasteiger partial charge in [-0.25, -0.2) is 0 Å². The van der Waals surface area contributed by atoms with Crippen LogP contribution in [0.15, 0.2) is 6.20 Å². The average molecular weight is 227 g/mol. The van der Waals surface area contributed by atoms with E-state index < -0.39 is 4.92 Å². The summed E-state index contributed by atoms with van der Waals surface area (Å²) in [5.74, 6) is 0.387. The fourth-order valence-electron chi connectivity index (χ4n) is 1.51. The average Bonchev–Trinajstić information content (AvgIpc) is 2.57. The van der Waals surface area contributed by atoms with Gasteiger partial charge in [0.25, 0.3) is 0 Å². The van der Waals surface area contributed by atoms with Crippen molar-refractivity contribution in [2.24, 2.45) is 5.92 Å². The van der Waals surface area contributed by atoms with Crippen molar-refractivity contribution in [3.05, 3.63) is 22.0 Å². The van der Waals surface area contributed by atoms with E-state index in [1.54, 1.807) is 18.7 Å². The summed E-state index contributed by atoms with van der Waals surface area (Å²) in [5.41, 5.74) is 0.688. The molecule has 0 radical (unpaired) electrons. The van der Waals surface area contributed by atoms with Crippen molar-refractivity contribution < 1.29 is 9.66 Å². The van der Waals surface area contributed by atoms with Gasteiger partial charge in [0.2, 0.25) is 0 Å². The molecule has 0 spiro atoms. The minimum absolute atomic E-state index is 0.0824. The molecule has 0 saturated heterocycles. The highest BCUT2D eigenvalue weighted by Crippen LogP contribution is 2.17. The van der Waals surface area contributed by atoms with Crippen LogP contribution in [0.3, 0.4) is 0 Å². The standard InChI is InChI=1S/C10H17N3O3/c1-8(4-5-16-3)7-12-9(2)10(6-11-12)13(14)15/h6,8H,4-5,7H2,1-3H3. The summed E-state index contributed by atoms with van der Waals surface area (Å²) in [6, 6.07) is 0. The molecule has 0 aliphatic heterocycles. The SMILES string of the molecule is COCCC(C)Cn1ncc([N+](=O)[O-])c1C. The first-order valence-corrected chi connectivity index (χ1v) is 5.22. The van der Waals surface area contributed by atoms with Gasteiger partial charge >= 0.3 is 5.69 Å². The second kappa shape index (κ2) is 5.60. The molecule has 1 aromatic heterocycles. The number of ether oxygens (including phenoxy) is 1. The number of aromatic nitrogens is 2. The highest BCUT2D eigenvalue weighted by Gasteiger charge is 2.17. The Morgan fingerprint density at radius 1 is 1.69 bits per heavy atom. The van der Waals surface area contributed by atoms with Gasteiger partial charge in [-0.15, -0.1) is 0 Å². The molecule has 1 heterocycles. The lowest BCUT2D eigenvalue weighted by Crippen LogP contribution is -2.12. The molecular formula is C10H17N3O3. The molecule has 0 aliphatic carbocycles. The number of rotatable bonds is 6. The van der Waals surface area contributed by atoms with E-state index in [2.05, 4.69) is 12.0 Å². The molecule has 1 atom stereocenters. The van der Waals surface area contributed by atoms with Gasteiger partial charge in [0.1, 0.15) is 11.9 Å². The molecule has 0 bridgehead atoms. The van der Waals surface area contributed by atoms with Crippen molar-refractivity contribution >= 4 is 5.69 Å². The van der Waals surface area contributed by atoms with Crippen LogP contribution in [0.5, 0.6) is 0 Å². The van der Waals surface area contributed by atoms with E-state index in [0.717, 1.165) is 6.42 Å². The van der Waals surface area contributed by atoms with Crippen LogP contribution in [0.2, 0.25) is 0 Å². The maximum Gasteiger partial charge on any atom is 0.309 e. The van der Waals surface area contributed by atoms with Crippen molar-refractivity contribution in [2.45, 2.75) is 26.8 Å². The molecule has 1 rings (SSSR count). The van der Waals surface area contributed by atoms with Crippen LogP contribution in [-0.4, -0.2) is 28.4 Å². The maximum absolute atomic E-state index is 10.6. The molecule has 0 N–H and O–H groups in total. The predicted molar refractivity (Wildman–Crippen MR) is 59.3 cm³/mol. The zero-order chi connectivity index (χ0) is 12.1. The lowest BCUT2D eigenvalue weighted by molar-refractivity contribution is -0.385. The van der Waals surface area contributed by atoms with Crippen LogP contribution in [0, 0.1) is 23.0 Å². The summed E-state index contributed by atoms with van der Waals surface area (Å²) in [4.78, 5) is 10.2. The molecule has 90 valence electrons. The number of methoxy groups -OCH3 is 1. The third kappa shape index (κ3) is 3.03. The van der Waals surface area contributed by atoms with Crippen molar-refractivity contribution in [3.63, 3.8) is 0 Å². The highest BCUT2D eigenvalue weighted by molar-refractivity contribution is 5.31. The maximum atomic E-state index is 10.6. The molecule has 16 heavy (non-hydrogen) atoms. The van der Waals surface area contributed by atoms with Crippen LogP contribution in [0.25, 0.3) is 0 Å². The monoisotopic (exact) mass is 227 g/mol. The third-order valence-electron chi connectivity index (χ3n) is 2.57. The minimum Gasteiger partial charge on any atom is -0.385 e. The quantitative estimate of drug-likeness (QED) is 0.548. The Morgan fingerprint density at radius 3 is 2.88 bits per heavy atom. The van der Waals surface area contributed by atoms with Crippen molar-refractivity contribution in [3.8, 4) is 0 Å². The molecule has 0 amide bonds. The molecule has 0 aromatic carbocycles. The van der Waals surface area contributed by atoms with Crippen LogP contribution < -0.4 is 0 Å². The Labute approximate surface area is 94.4 Å². The Bertz CT molecular complexity index is 362. The first-order valence-electron chi connectivity index (χ1n) is 5.22. The first kappa shape index (κ1) is 12.6. The van der Waals surface area contributed by atoms with E-state index in [1.807, 2.05) is 0 Å². The third-order valence-corrected chi connectivity index (χ3v) is 2.57. The minimum atomic E-state index is -0.404. The van der Waals surface area contributed by atoms with Gasteiger partial charge in [0, 0.05) is 20.3 Å². The van der Waals surface area contributed by atoms with Gasteiger partial charge in [0.15, 0.2) is 0 Å². The van der Waals surface area contributed by atoms with Gasteiger partial charge in [-0.05, 0) is 19.3 Å². The summed E-state index contributed by atoms with van der Waals surface area (Å²) in [6.45, 7) is 5.17. The zero-order valence-electron chi connectivity index (χ0n) is 9.84. The number of nitrogens with zero attached hydrogens (tertiary/aromatic N) is 3. The summed E-state index contributed by atoms with van der Waals surface area (Å²) in [5, 5.41) is 14.6. The van der Waals surface area contributed by atoms with Crippen LogP contribution >= 0.6 is 0 Å². The van der Waals surface area contributed by atoms with Crippen LogP contribution in [0.1, 0.15) is 19.0 Å². The zero-order valence-corrected chi connectivity index (χ0v) is 9.84. The first-order chi connectivity index (χ1) is 7.56. The van der Waals surface area contributed by atoms with Gasteiger partial charge in [-0.1, -0.05) is 6.92 Å². The molecular weight excluding hydrogens is 210 g/mol. The van der Waals surface area contributed by atoms with Crippen molar-refractivity contribution in [2.75, 3.05) is 13.7 Å². The molecule has 0 fully saturated rings. The normalized spacial score (nSPS) is 12.7. The fraction of sp³-hybridized carbons (Fsp3) is 0.700. The Balaban J connectivity index is 2.64. The Morgan fingerprint density at radius 2 is 2.38 bits per heavy atom. The second-order valence-electron chi connectivity index (χ2n) is 3.94. The highest BCUT2D eigenvalue weighted by atomic mass is 16.6. The molecule has 0 saturated carbocycles. The lowest BCUT2D eigenvalue weighted by Gasteiger charge is -2.11. The summed E-state index contributed by atoms with van der Waals surface area (Å²) >= 11 is 0. The molecule has 0 aliphatic rings. The van der Waals surface area contributed by atoms with E-state index in [-0.39, 0.29) is 5.69 Å². The van der Waals surface area contributed by atoms with E-state index in [0.29, 0.717) is 24.8 Å². The number of nitro groups is 1. The summed E-state index contributed by atoms with van der Waals surface area (Å²) in [6.07, 6.45) is 2.22. The van der Waals surface area contributed by atoms with Crippen molar-refractivity contribution in [1.29, 1.82) is 0 Å². The van der Waals surface area contributed by atoms with E-state index in [9.17, 15) is 10.1 Å². The van der Waals surface area contributed by atoms with Crippen molar-refractivity contribution in [1.82, 2.24) is 9.78 Å². The Kier molecular flexibility index (Phi) is 4.42. The molecule has 1 unspecified atom stereocenters. The second-order valence-corrected chi connectivity index (χ2v) is 3.94. The molecule has 6 nitrogen and oxygen atoms in total. The molecule has 6 heteroatoms. The van der Waals surface area contributed by atoms with E-state index >= 15 is 0 Å². The lowest BCUT2D eigenvalue weighted by atomic mass is 10.1. The van der Waals surface area contributed by atoms with Gasteiger partial charge in [0.05, 0.1) is 4.92 Å². The summed E-state index contributed by atoms with van der Waals surface area (Å²) < 4.78 is 6.66. The van der Waals surface area contributed by atoms with E-state index in [1.165, 1.54) is 6.20 Å².